The first-order valence-corrected chi connectivity index (χ1v) is 11.6. The van der Waals surface area contributed by atoms with Crippen LogP contribution >= 0.6 is 0 Å². The van der Waals surface area contributed by atoms with E-state index in [1.807, 2.05) is 30.3 Å². The zero-order valence-corrected chi connectivity index (χ0v) is 18.8. The van der Waals surface area contributed by atoms with Crippen LogP contribution in [0.3, 0.4) is 0 Å². The lowest BCUT2D eigenvalue weighted by Gasteiger charge is -2.11. The number of carbonyl (C=O) groups excluding carboxylic acids is 1. The van der Waals surface area contributed by atoms with Crippen LogP contribution < -0.4 is 14.8 Å². The minimum Gasteiger partial charge on any atom is -0.497 e. The van der Waals surface area contributed by atoms with Crippen molar-refractivity contribution in [3.63, 3.8) is 0 Å². The molecule has 0 radical (unpaired) electrons. The molecule has 1 unspecified atom stereocenters. The highest BCUT2D eigenvalue weighted by molar-refractivity contribution is 7.92. The third-order valence-corrected chi connectivity index (χ3v) is 6.31. The van der Waals surface area contributed by atoms with Gasteiger partial charge in [-0.25, -0.2) is 8.42 Å². The van der Waals surface area contributed by atoms with E-state index in [0.717, 1.165) is 11.1 Å². The van der Waals surface area contributed by atoms with Crippen LogP contribution in [0, 0.1) is 0 Å². The fourth-order valence-corrected chi connectivity index (χ4v) is 4.07. The Morgan fingerprint density at radius 2 is 1.62 bits per heavy atom. The number of ether oxygens (including phenoxy) is 1. The number of hydrogen-bond donors (Lipinski definition) is 2. The molecule has 0 aromatic heterocycles. The third kappa shape index (κ3) is 6.46. The van der Waals surface area contributed by atoms with Gasteiger partial charge in [0.15, 0.2) is 0 Å². The number of anilines is 1. The van der Waals surface area contributed by atoms with E-state index in [1.54, 1.807) is 49.6 Å². The second-order valence-corrected chi connectivity index (χ2v) is 8.98. The molecule has 2 N–H and O–H groups in total. The van der Waals surface area contributed by atoms with Crippen molar-refractivity contribution in [1.82, 2.24) is 5.32 Å². The van der Waals surface area contributed by atoms with Crippen molar-refractivity contribution < 1.29 is 17.9 Å². The first-order chi connectivity index (χ1) is 15.4. The summed E-state index contributed by atoms with van der Waals surface area (Å²) in [7, 11) is -2.17. The molecule has 0 aliphatic heterocycles. The lowest BCUT2D eigenvalue weighted by molar-refractivity contribution is -0.116. The highest BCUT2D eigenvalue weighted by atomic mass is 32.2. The summed E-state index contributed by atoms with van der Waals surface area (Å²) in [6.45, 7) is 2.58. The molecule has 0 aliphatic carbocycles. The topological polar surface area (TPSA) is 84.5 Å². The van der Waals surface area contributed by atoms with Gasteiger partial charge in [-0.3, -0.25) is 9.52 Å². The van der Waals surface area contributed by atoms with Crippen LogP contribution in [0.2, 0.25) is 0 Å². The molecule has 0 fully saturated rings. The van der Waals surface area contributed by atoms with Crippen LogP contribution in [0.15, 0.2) is 89.8 Å². The van der Waals surface area contributed by atoms with Crippen molar-refractivity contribution in [3.05, 3.63) is 96.1 Å². The first kappa shape index (κ1) is 23.1. The number of hydrogen-bond acceptors (Lipinski definition) is 4. The molecule has 0 bridgehead atoms. The molecule has 3 aromatic carbocycles. The first-order valence-electron chi connectivity index (χ1n) is 10.2. The molecule has 166 valence electrons. The van der Waals surface area contributed by atoms with Crippen molar-refractivity contribution >= 4 is 27.7 Å². The van der Waals surface area contributed by atoms with E-state index in [2.05, 4.69) is 17.0 Å². The van der Waals surface area contributed by atoms with Gasteiger partial charge in [0, 0.05) is 18.3 Å². The second kappa shape index (κ2) is 10.6. The smallest absolute Gasteiger partial charge is 0.261 e. The molecule has 1 atom stereocenters. The van der Waals surface area contributed by atoms with E-state index in [9.17, 15) is 13.2 Å². The molecule has 32 heavy (non-hydrogen) atoms. The highest BCUT2D eigenvalue weighted by Gasteiger charge is 2.14. The lowest BCUT2D eigenvalue weighted by atomic mass is 10.0. The van der Waals surface area contributed by atoms with Gasteiger partial charge in [0.1, 0.15) is 5.75 Å². The minimum atomic E-state index is -3.72. The fraction of sp³-hybridized carbons (Fsp3) is 0.160. The standard InChI is InChI=1S/C25H26N2O4S/c1-19(21-6-4-3-5-7-21)18-26-25(28)17-10-20-8-15-24(16-9-20)32(29,30)27-22-11-13-23(31-2)14-12-22/h3-17,19,27H,18H2,1-2H3,(H,26,28)/b17-10+. The van der Waals surface area contributed by atoms with Crippen LogP contribution in [0.1, 0.15) is 24.0 Å². The van der Waals surface area contributed by atoms with Gasteiger partial charge >= 0.3 is 0 Å². The van der Waals surface area contributed by atoms with Crippen LogP contribution in [0.5, 0.6) is 5.75 Å². The number of benzene rings is 3. The predicted octanol–water partition coefficient (Wildman–Crippen LogP) is 4.43. The maximum atomic E-state index is 12.6. The Balaban J connectivity index is 1.56. The number of methoxy groups -OCH3 is 1. The normalized spacial score (nSPS) is 12.3. The maximum Gasteiger partial charge on any atom is 0.261 e. The Morgan fingerprint density at radius 1 is 0.969 bits per heavy atom. The minimum absolute atomic E-state index is 0.131. The van der Waals surface area contributed by atoms with Gasteiger partial charge in [-0.05, 0) is 59.5 Å². The number of amides is 1. The van der Waals surface area contributed by atoms with Gasteiger partial charge < -0.3 is 10.1 Å². The zero-order valence-electron chi connectivity index (χ0n) is 18.0. The van der Waals surface area contributed by atoms with Crippen LogP contribution in [-0.4, -0.2) is 28.0 Å². The SMILES string of the molecule is COc1ccc(NS(=O)(=O)c2ccc(/C=C/C(=O)NCC(C)c3ccccc3)cc2)cc1. The van der Waals surface area contributed by atoms with E-state index in [0.29, 0.717) is 18.0 Å². The molecule has 0 saturated heterocycles. The third-order valence-electron chi connectivity index (χ3n) is 4.91. The summed E-state index contributed by atoms with van der Waals surface area (Å²) in [6, 6.07) is 22.9. The summed E-state index contributed by atoms with van der Waals surface area (Å²) in [5, 5.41) is 2.88. The van der Waals surface area contributed by atoms with Gasteiger partial charge in [0.05, 0.1) is 12.0 Å². The Labute approximate surface area is 189 Å². The summed E-state index contributed by atoms with van der Waals surface area (Å²) < 4.78 is 32.8. The van der Waals surface area contributed by atoms with Gasteiger partial charge in [-0.15, -0.1) is 0 Å². The van der Waals surface area contributed by atoms with E-state index >= 15 is 0 Å². The lowest BCUT2D eigenvalue weighted by Crippen LogP contribution is -2.25. The summed E-state index contributed by atoms with van der Waals surface area (Å²) in [6.07, 6.45) is 3.09. The van der Waals surface area contributed by atoms with Crippen LogP contribution in [0.25, 0.3) is 6.08 Å². The molecule has 0 heterocycles. The average Bonchev–Trinajstić information content (AvgIpc) is 2.82. The Bertz CT molecular complexity index is 1160. The van der Waals surface area contributed by atoms with E-state index < -0.39 is 10.0 Å². The molecule has 0 spiro atoms. The number of sulfonamides is 1. The Hall–Kier alpha value is -3.58. The summed E-state index contributed by atoms with van der Waals surface area (Å²) in [5.74, 6) is 0.643. The second-order valence-electron chi connectivity index (χ2n) is 7.29. The predicted molar refractivity (Wildman–Crippen MR) is 127 cm³/mol. The molecular formula is C25H26N2O4S. The average molecular weight is 451 g/mol. The van der Waals surface area contributed by atoms with Crippen molar-refractivity contribution in [2.24, 2.45) is 0 Å². The number of nitrogens with one attached hydrogen (secondary N) is 2. The Morgan fingerprint density at radius 3 is 2.25 bits per heavy atom. The molecule has 7 heteroatoms. The largest absolute Gasteiger partial charge is 0.497 e. The molecular weight excluding hydrogens is 424 g/mol. The van der Waals surface area contributed by atoms with Crippen molar-refractivity contribution in [2.75, 3.05) is 18.4 Å². The Kier molecular flexibility index (Phi) is 7.68. The molecule has 0 saturated carbocycles. The van der Waals surface area contributed by atoms with Crippen LogP contribution in [0.4, 0.5) is 5.69 Å². The number of rotatable bonds is 9. The molecule has 1 amide bonds. The summed E-state index contributed by atoms with van der Waals surface area (Å²) >= 11 is 0. The van der Waals surface area contributed by atoms with Gasteiger partial charge in [0.25, 0.3) is 10.0 Å². The van der Waals surface area contributed by atoms with Crippen molar-refractivity contribution in [2.45, 2.75) is 17.7 Å². The monoisotopic (exact) mass is 450 g/mol. The quantitative estimate of drug-likeness (QED) is 0.473. The van der Waals surface area contributed by atoms with Crippen molar-refractivity contribution in [1.29, 1.82) is 0 Å². The van der Waals surface area contributed by atoms with Crippen molar-refractivity contribution in [3.8, 4) is 5.75 Å². The van der Waals surface area contributed by atoms with E-state index in [1.165, 1.54) is 18.2 Å². The van der Waals surface area contributed by atoms with E-state index in [-0.39, 0.29) is 16.7 Å². The molecule has 3 aromatic rings. The van der Waals surface area contributed by atoms with Gasteiger partial charge in [0.2, 0.25) is 5.91 Å². The molecule has 0 aliphatic rings. The van der Waals surface area contributed by atoms with Crippen LogP contribution in [-0.2, 0) is 14.8 Å². The zero-order chi connectivity index (χ0) is 23.0. The van der Waals surface area contributed by atoms with Gasteiger partial charge in [-0.1, -0.05) is 49.4 Å². The maximum absolute atomic E-state index is 12.6. The summed E-state index contributed by atoms with van der Waals surface area (Å²) in [5.41, 5.74) is 2.33. The fourth-order valence-electron chi connectivity index (χ4n) is 3.02. The number of carbonyl (C=O) groups is 1. The highest BCUT2D eigenvalue weighted by Crippen LogP contribution is 2.20. The molecule has 6 nitrogen and oxygen atoms in total. The van der Waals surface area contributed by atoms with E-state index in [4.69, 9.17) is 4.74 Å². The summed E-state index contributed by atoms with van der Waals surface area (Å²) in [4.78, 5) is 12.2. The van der Waals surface area contributed by atoms with Gasteiger partial charge in [-0.2, -0.15) is 0 Å². The molecule has 3 rings (SSSR count).